The van der Waals surface area contributed by atoms with Crippen LogP contribution in [0.15, 0.2) is 12.2 Å². The minimum absolute atomic E-state index is 0.252. The number of unbranched alkanes of at least 4 members (excludes halogenated alkanes) is 12. The van der Waals surface area contributed by atoms with Gasteiger partial charge in [-0.15, -0.1) is 0 Å². The maximum absolute atomic E-state index is 12.0. The Labute approximate surface area is 180 Å². The molecule has 1 amide bonds. The van der Waals surface area contributed by atoms with Crippen molar-refractivity contribution in [2.75, 3.05) is 6.54 Å². The van der Waals surface area contributed by atoms with E-state index in [1.807, 2.05) is 0 Å². The number of carbonyl (C=O) groups excluding carboxylic acids is 1. The molecule has 29 heavy (non-hydrogen) atoms. The van der Waals surface area contributed by atoms with Crippen LogP contribution in [0.1, 0.15) is 122 Å². The Bertz CT molecular complexity index is 448. The molecule has 0 aromatic rings. The molecule has 0 aromatic carbocycles. The number of rotatable bonds is 18. The minimum Gasteiger partial charge on any atom is -0.370 e. The highest BCUT2D eigenvalue weighted by Gasteiger charge is 2.43. The zero-order valence-corrected chi connectivity index (χ0v) is 19.1. The Balaban J connectivity index is 1.26. The van der Waals surface area contributed by atoms with Crippen molar-refractivity contribution in [3.05, 3.63) is 12.2 Å². The maximum atomic E-state index is 12.0. The van der Waals surface area contributed by atoms with E-state index in [0.29, 0.717) is 24.5 Å². The van der Waals surface area contributed by atoms with Crippen LogP contribution in [0.25, 0.3) is 0 Å². The van der Waals surface area contributed by atoms with Crippen LogP contribution in [0, 0.1) is 5.92 Å². The summed E-state index contributed by atoms with van der Waals surface area (Å²) in [7, 11) is 0. The fourth-order valence-corrected chi connectivity index (χ4v) is 4.61. The predicted molar refractivity (Wildman–Crippen MR) is 123 cm³/mol. The van der Waals surface area contributed by atoms with Crippen LogP contribution < -0.4 is 5.32 Å². The molecule has 168 valence electrons. The molecule has 0 radical (unpaired) electrons. The van der Waals surface area contributed by atoms with Crippen molar-refractivity contribution in [2.45, 2.75) is 135 Å². The summed E-state index contributed by atoms with van der Waals surface area (Å²) in [5.74, 6) is 0.806. The number of epoxide rings is 1. The average Bonchev–Trinajstić information content (AvgIpc) is 3.49. The van der Waals surface area contributed by atoms with E-state index in [1.165, 1.54) is 89.9 Å². The van der Waals surface area contributed by atoms with Gasteiger partial charge in [0, 0.05) is 13.0 Å². The van der Waals surface area contributed by atoms with Gasteiger partial charge in [-0.1, -0.05) is 76.9 Å². The van der Waals surface area contributed by atoms with Gasteiger partial charge < -0.3 is 10.1 Å². The summed E-state index contributed by atoms with van der Waals surface area (Å²) < 4.78 is 5.55. The lowest BCUT2D eigenvalue weighted by atomic mass is 9.87. The zero-order valence-electron chi connectivity index (χ0n) is 19.1. The average molecular weight is 406 g/mol. The third kappa shape index (κ3) is 12.5. The zero-order chi connectivity index (χ0) is 20.6. The summed E-state index contributed by atoms with van der Waals surface area (Å²) >= 11 is 0. The summed E-state index contributed by atoms with van der Waals surface area (Å²) in [6, 6.07) is 0. The lowest BCUT2D eigenvalue weighted by Crippen LogP contribution is -2.28. The summed E-state index contributed by atoms with van der Waals surface area (Å²) in [5, 5.41) is 3.12. The fourth-order valence-electron chi connectivity index (χ4n) is 4.61. The molecule has 1 N–H and O–H groups in total. The van der Waals surface area contributed by atoms with Crippen LogP contribution in [0.2, 0.25) is 0 Å². The number of fused-ring (bicyclic) bond motifs is 1. The van der Waals surface area contributed by atoms with Gasteiger partial charge in [0.15, 0.2) is 0 Å². The second-order valence-electron chi connectivity index (χ2n) is 9.38. The Morgan fingerprint density at radius 1 is 0.828 bits per heavy atom. The first-order valence-electron chi connectivity index (χ1n) is 12.9. The van der Waals surface area contributed by atoms with Crippen LogP contribution in [0.3, 0.4) is 0 Å². The number of carbonyl (C=O) groups is 1. The van der Waals surface area contributed by atoms with E-state index >= 15 is 0 Å². The normalized spacial score (nSPS) is 23.3. The monoisotopic (exact) mass is 405 g/mol. The lowest BCUT2D eigenvalue weighted by Gasteiger charge is -2.18. The Morgan fingerprint density at radius 2 is 1.45 bits per heavy atom. The van der Waals surface area contributed by atoms with Crippen molar-refractivity contribution in [3.8, 4) is 0 Å². The first-order chi connectivity index (χ1) is 14.3. The Morgan fingerprint density at radius 3 is 2.10 bits per heavy atom. The molecule has 0 aromatic heterocycles. The van der Waals surface area contributed by atoms with Gasteiger partial charge >= 0.3 is 0 Å². The number of hydrogen-bond donors (Lipinski definition) is 1. The van der Waals surface area contributed by atoms with Crippen molar-refractivity contribution in [1.29, 1.82) is 0 Å². The van der Waals surface area contributed by atoms with E-state index in [0.717, 1.165) is 25.8 Å². The van der Waals surface area contributed by atoms with E-state index < -0.39 is 0 Å². The molecule has 0 bridgehead atoms. The molecule has 0 spiro atoms. The van der Waals surface area contributed by atoms with Crippen molar-refractivity contribution in [3.63, 3.8) is 0 Å². The standard InChI is InChI=1S/C26H47NO2/c1-2-3-4-5-6-7-8-9-10-11-12-13-14-15-16-17-20-27-26(28)22-23-18-19-24-25(21-23)29-24/h9-10,23-25H,2-8,11-22H2,1H3,(H,27,28)/b10-9-. The molecule has 1 aliphatic carbocycles. The quantitative estimate of drug-likeness (QED) is 0.150. The third-order valence-corrected chi connectivity index (χ3v) is 6.60. The van der Waals surface area contributed by atoms with Gasteiger partial charge in [-0.05, 0) is 57.3 Å². The van der Waals surface area contributed by atoms with E-state index in [9.17, 15) is 4.79 Å². The highest BCUT2D eigenvalue weighted by atomic mass is 16.6. The molecular formula is C26H47NO2. The number of nitrogens with one attached hydrogen (secondary N) is 1. The van der Waals surface area contributed by atoms with E-state index in [1.54, 1.807) is 0 Å². The van der Waals surface area contributed by atoms with E-state index in [4.69, 9.17) is 4.74 Å². The summed E-state index contributed by atoms with van der Waals surface area (Å²) in [6.07, 6.45) is 28.5. The lowest BCUT2D eigenvalue weighted by molar-refractivity contribution is -0.122. The topological polar surface area (TPSA) is 41.6 Å². The first-order valence-corrected chi connectivity index (χ1v) is 12.9. The molecule has 1 saturated heterocycles. The maximum Gasteiger partial charge on any atom is 0.220 e. The number of hydrogen-bond acceptors (Lipinski definition) is 2. The third-order valence-electron chi connectivity index (χ3n) is 6.60. The molecule has 3 nitrogen and oxygen atoms in total. The predicted octanol–water partition coefficient (Wildman–Crippen LogP) is 7.10. The van der Waals surface area contributed by atoms with Crippen LogP contribution in [-0.4, -0.2) is 24.7 Å². The number of amides is 1. The van der Waals surface area contributed by atoms with Crippen LogP contribution >= 0.6 is 0 Å². The second kappa shape index (κ2) is 15.9. The SMILES string of the molecule is CCCCCCCC/C=C\CCCCCCCCNC(=O)CC1CCC2OC2C1. The smallest absolute Gasteiger partial charge is 0.220 e. The van der Waals surface area contributed by atoms with Crippen LogP contribution in [-0.2, 0) is 9.53 Å². The molecule has 2 rings (SSSR count). The molecule has 1 heterocycles. The van der Waals surface area contributed by atoms with Gasteiger partial charge in [-0.2, -0.15) is 0 Å². The molecular weight excluding hydrogens is 358 g/mol. The van der Waals surface area contributed by atoms with Crippen molar-refractivity contribution >= 4 is 5.91 Å². The van der Waals surface area contributed by atoms with Crippen molar-refractivity contribution < 1.29 is 9.53 Å². The van der Waals surface area contributed by atoms with Crippen LogP contribution in [0.4, 0.5) is 0 Å². The highest BCUT2D eigenvalue weighted by molar-refractivity contribution is 5.76. The van der Waals surface area contributed by atoms with Gasteiger partial charge in [0.25, 0.3) is 0 Å². The van der Waals surface area contributed by atoms with Crippen molar-refractivity contribution in [1.82, 2.24) is 5.32 Å². The molecule has 2 fully saturated rings. The summed E-state index contributed by atoms with van der Waals surface area (Å²) in [5.41, 5.74) is 0. The minimum atomic E-state index is 0.252. The molecule has 1 saturated carbocycles. The molecule has 3 heteroatoms. The summed E-state index contributed by atoms with van der Waals surface area (Å²) in [6.45, 7) is 3.13. The van der Waals surface area contributed by atoms with Crippen LogP contribution in [0.5, 0.6) is 0 Å². The van der Waals surface area contributed by atoms with Gasteiger partial charge in [0.2, 0.25) is 5.91 Å². The largest absolute Gasteiger partial charge is 0.370 e. The number of ether oxygens (including phenoxy) is 1. The highest BCUT2D eigenvalue weighted by Crippen LogP contribution is 2.40. The van der Waals surface area contributed by atoms with Gasteiger partial charge in [0.1, 0.15) is 0 Å². The first kappa shape index (κ1) is 24.4. The Hall–Kier alpha value is -0.830. The van der Waals surface area contributed by atoms with Crippen molar-refractivity contribution in [2.24, 2.45) is 5.92 Å². The van der Waals surface area contributed by atoms with E-state index in [2.05, 4.69) is 24.4 Å². The molecule has 3 unspecified atom stereocenters. The second-order valence-corrected chi connectivity index (χ2v) is 9.38. The summed E-state index contributed by atoms with van der Waals surface area (Å²) in [4.78, 5) is 12.0. The molecule has 2 aliphatic rings. The van der Waals surface area contributed by atoms with E-state index in [-0.39, 0.29) is 5.91 Å². The Kier molecular flexibility index (Phi) is 13.4. The van der Waals surface area contributed by atoms with Gasteiger partial charge in [-0.3, -0.25) is 4.79 Å². The van der Waals surface area contributed by atoms with Gasteiger partial charge in [-0.25, -0.2) is 0 Å². The molecule has 1 aliphatic heterocycles. The fraction of sp³-hybridized carbons (Fsp3) is 0.885. The number of allylic oxidation sites excluding steroid dienone is 2. The molecule has 3 atom stereocenters. The van der Waals surface area contributed by atoms with Gasteiger partial charge in [0.05, 0.1) is 12.2 Å².